The minimum atomic E-state index is -3.84. The first-order valence-corrected chi connectivity index (χ1v) is 5.78. The first-order chi connectivity index (χ1) is 4.83. The highest BCUT2D eigenvalue weighted by Gasteiger charge is 2.12. The van der Waals surface area contributed by atoms with Crippen molar-refractivity contribution < 1.29 is 13.0 Å². The highest BCUT2D eigenvalue weighted by Crippen LogP contribution is 2.12. The summed E-state index contributed by atoms with van der Waals surface area (Å²) >= 11 is 8.15. The Kier molecular flexibility index (Phi) is 4.85. The maximum Gasteiger partial charge on any atom is 0.264 e. The van der Waals surface area contributed by atoms with E-state index in [4.69, 9.17) is 4.55 Å². The molecule has 2 unspecified atom stereocenters. The Morgan fingerprint density at radius 1 is 1.45 bits per heavy atom. The van der Waals surface area contributed by atoms with Crippen molar-refractivity contribution in [2.24, 2.45) is 0 Å². The van der Waals surface area contributed by atoms with Gasteiger partial charge in [0.2, 0.25) is 0 Å². The van der Waals surface area contributed by atoms with Crippen LogP contribution < -0.4 is 0 Å². The molecule has 0 aliphatic carbocycles. The van der Waals surface area contributed by atoms with Crippen LogP contribution in [0.15, 0.2) is 0 Å². The van der Waals surface area contributed by atoms with E-state index in [0.717, 1.165) is 0 Å². The highest BCUT2D eigenvalue weighted by atomic mass is 32.2. The van der Waals surface area contributed by atoms with Crippen LogP contribution in [0.5, 0.6) is 0 Å². The summed E-state index contributed by atoms with van der Waals surface area (Å²) in [5, 5.41) is -0.0691. The predicted octanol–water partition coefficient (Wildman–Crippen LogP) is 0.881. The Morgan fingerprint density at radius 2 is 1.91 bits per heavy atom. The van der Waals surface area contributed by atoms with Gasteiger partial charge in [-0.3, -0.25) is 4.55 Å². The third kappa shape index (κ3) is 6.99. The maximum absolute atomic E-state index is 10.3. The minimum absolute atomic E-state index is 0.0279. The molecular formula is C5H12O3S3. The predicted molar refractivity (Wildman–Crippen MR) is 52.3 cm³/mol. The molecule has 0 saturated heterocycles. The van der Waals surface area contributed by atoms with Crippen LogP contribution in [0.3, 0.4) is 0 Å². The summed E-state index contributed by atoms with van der Waals surface area (Å²) in [6.45, 7) is 1.82. The Balaban J connectivity index is 3.72. The van der Waals surface area contributed by atoms with Crippen molar-refractivity contribution >= 4 is 35.4 Å². The average Bonchev–Trinajstić information content (AvgIpc) is 1.80. The molecule has 3 nitrogen and oxygen atoms in total. The van der Waals surface area contributed by atoms with Crippen molar-refractivity contribution in [3.05, 3.63) is 0 Å². The van der Waals surface area contributed by atoms with Gasteiger partial charge in [-0.15, -0.1) is 0 Å². The van der Waals surface area contributed by atoms with Crippen molar-refractivity contribution in [1.29, 1.82) is 0 Å². The van der Waals surface area contributed by atoms with Gasteiger partial charge in [0.25, 0.3) is 10.1 Å². The lowest BCUT2D eigenvalue weighted by atomic mass is 10.2. The summed E-state index contributed by atoms with van der Waals surface area (Å²) in [5.41, 5.74) is 0. The normalized spacial score (nSPS) is 17.8. The zero-order valence-electron chi connectivity index (χ0n) is 6.14. The molecule has 2 atom stereocenters. The van der Waals surface area contributed by atoms with Crippen LogP contribution in [-0.2, 0) is 10.1 Å². The zero-order valence-corrected chi connectivity index (χ0v) is 8.74. The number of rotatable bonds is 4. The Morgan fingerprint density at radius 3 is 2.18 bits per heavy atom. The van der Waals surface area contributed by atoms with E-state index < -0.39 is 10.1 Å². The van der Waals surface area contributed by atoms with Crippen LogP contribution in [0.4, 0.5) is 0 Å². The first kappa shape index (κ1) is 11.6. The van der Waals surface area contributed by atoms with Gasteiger partial charge in [0.05, 0.1) is 5.75 Å². The van der Waals surface area contributed by atoms with E-state index in [1.165, 1.54) is 0 Å². The summed E-state index contributed by atoms with van der Waals surface area (Å²) in [7, 11) is -3.84. The van der Waals surface area contributed by atoms with Gasteiger partial charge in [0.15, 0.2) is 0 Å². The highest BCUT2D eigenvalue weighted by molar-refractivity contribution is 7.86. The molecule has 0 saturated carbocycles. The van der Waals surface area contributed by atoms with Crippen molar-refractivity contribution in [2.75, 3.05) is 5.75 Å². The fraction of sp³-hybridized carbons (Fsp3) is 1.00. The van der Waals surface area contributed by atoms with Crippen LogP contribution in [0.25, 0.3) is 0 Å². The standard InChI is InChI=1S/C5H12O3S3/c1-4(9)5(10)2-3-11(6,7)8/h4-5,9-10H,2-3H2,1H3,(H,6,7,8). The van der Waals surface area contributed by atoms with Crippen molar-refractivity contribution in [1.82, 2.24) is 0 Å². The van der Waals surface area contributed by atoms with Gasteiger partial charge in [0, 0.05) is 10.5 Å². The quantitative estimate of drug-likeness (QED) is 0.483. The average molecular weight is 216 g/mol. The van der Waals surface area contributed by atoms with Gasteiger partial charge in [0.1, 0.15) is 0 Å². The van der Waals surface area contributed by atoms with Crippen LogP contribution in [0.2, 0.25) is 0 Å². The van der Waals surface area contributed by atoms with Gasteiger partial charge >= 0.3 is 0 Å². The summed E-state index contributed by atoms with van der Waals surface area (Å²) in [4.78, 5) is 0. The third-order valence-corrected chi connectivity index (χ3v) is 3.28. The lowest BCUT2D eigenvalue weighted by Crippen LogP contribution is -2.16. The van der Waals surface area contributed by atoms with E-state index in [0.29, 0.717) is 6.42 Å². The molecule has 0 rings (SSSR count). The molecule has 0 aliphatic heterocycles. The van der Waals surface area contributed by atoms with E-state index in [2.05, 4.69) is 25.3 Å². The van der Waals surface area contributed by atoms with Crippen LogP contribution in [-0.4, -0.2) is 29.2 Å². The number of hydrogen-bond donors (Lipinski definition) is 3. The van der Waals surface area contributed by atoms with Gasteiger partial charge in [-0.1, -0.05) is 6.92 Å². The van der Waals surface area contributed by atoms with E-state index >= 15 is 0 Å². The van der Waals surface area contributed by atoms with Gasteiger partial charge < -0.3 is 0 Å². The number of thiol groups is 2. The van der Waals surface area contributed by atoms with Gasteiger partial charge in [-0.2, -0.15) is 33.7 Å². The summed E-state index contributed by atoms with van der Waals surface area (Å²) in [5.74, 6) is -0.244. The molecule has 0 radical (unpaired) electrons. The van der Waals surface area contributed by atoms with Crippen LogP contribution in [0, 0.1) is 0 Å². The largest absolute Gasteiger partial charge is 0.286 e. The summed E-state index contributed by atoms with van der Waals surface area (Å²) in [6, 6.07) is 0. The molecule has 0 aromatic carbocycles. The molecule has 0 aliphatic rings. The summed E-state index contributed by atoms with van der Waals surface area (Å²) in [6.07, 6.45) is 0.326. The molecule has 0 aromatic rings. The lowest BCUT2D eigenvalue weighted by molar-refractivity contribution is 0.480. The van der Waals surface area contributed by atoms with Crippen LogP contribution in [0.1, 0.15) is 13.3 Å². The van der Waals surface area contributed by atoms with E-state index in [-0.39, 0.29) is 16.3 Å². The van der Waals surface area contributed by atoms with Crippen molar-refractivity contribution in [3.8, 4) is 0 Å². The molecule has 0 bridgehead atoms. The molecule has 1 N–H and O–H groups in total. The molecule has 0 aromatic heterocycles. The Bertz CT molecular complexity index is 197. The smallest absolute Gasteiger partial charge is 0.264 e. The molecule has 0 fully saturated rings. The Hall–Kier alpha value is 0.610. The molecule has 0 amide bonds. The Labute approximate surface area is 78.1 Å². The number of hydrogen-bond acceptors (Lipinski definition) is 4. The van der Waals surface area contributed by atoms with E-state index in [1.54, 1.807) is 0 Å². The fourth-order valence-electron chi connectivity index (χ4n) is 0.511. The molecular weight excluding hydrogens is 204 g/mol. The molecule has 68 valence electrons. The van der Waals surface area contributed by atoms with Crippen LogP contribution >= 0.6 is 25.3 Å². The van der Waals surface area contributed by atoms with Crippen molar-refractivity contribution in [2.45, 2.75) is 23.8 Å². The van der Waals surface area contributed by atoms with Crippen molar-refractivity contribution in [3.63, 3.8) is 0 Å². The van der Waals surface area contributed by atoms with E-state index in [1.807, 2.05) is 6.92 Å². The van der Waals surface area contributed by atoms with Gasteiger partial charge in [-0.25, -0.2) is 0 Å². The summed E-state index contributed by atoms with van der Waals surface area (Å²) < 4.78 is 28.9. The minimum Gasteiger partial charge on any atom is -0.286 e. The SMILES string of the molecule is CC(S)C(S)CCS(=O)(=O)O. The second-order valence-corrected chi connectivity index (χ2v) is 5.43. The molecule has 0 heterocycles. The third-order valence-electron chi connectivity index (χ3n) is 1.23. The zero-order chi connectivity index (χ0) is 9.07. The molecule has 11 heavy (non-hydrogen) atoms. The maximum atomic E-state index is 10.3. The van der Waals surface area contributed by atoms with E-state index in [9.17, 15) is 8.42 Å². The topological polar surface area (TPSA) is 54.4 Å². The first-order valence-electron chi connectivity index (χ1n) is 3.14. The second kappa shape index (κ2) is 4.59. The second-order valence-electron chi connectivity index (χ2n) is 2.38. The monoisotopic (exact) mass is 216 g/mol. The molecule has 6 heteroatoms. The van der Waals surface area contributed by atoms with Gasteiger partial charge in [-0.05, 0) is 6.42 Å². The fourth-order valence-corrected chi connectivity index (χ4v) is 1.52. The molecule has 0 spiro atoms. The lowest BCUT2D eigenvalue weighted by Gasteiger charge is -2.11.